The molecule has 0 aromatic carbocycles. The van der Waals surface area contributed by atoms with Gasteiger partial charge in [0.05, 0.1) is 5.41 Å². The SMILES string of the molecule is CC(C)(C=O)C(=O)C(=O)NCCC=O. The Morgan fingerprint density at radius 3 is 2.29 bits per heavy atom. The van der Waals surface area contributed by atoms with Gasteiger partial charge in [-0.3, -0.25) is 9.59 Å². The molecule has 14 heavy (non-hydrogen) atoms. The summed E-state index contributed by atoms with van der Waals surface area (Å²) in [7, 11) is 0. The largest absolute Gasteiger partial charge is 0.349 e. The fourth-order valence-corrected chi connectivity index (χ4v) is 0.671. The maximum Gasteiger partial charge on any atom is 0.288 e. The lowest BCUT2D eigenvalue weighted by Gasteiger charge is -2.13. The van der Waals surface area contributed by atoms with E-state index in [0.29, 0.717) is 12.6 Å². The van der Waals surface area contributed by atoms with Crippen molar-refractivity contribution in [2.45, 2.75) is 20.3 Å². The van der Waals surface area contributed by atoms with Crippen LogP contribution in [0.5, 0.6) is 0 Å². The number of rotatable bonds is 6. The first-order chi connectivity index (χ1) is 6.45. The molecule has 0 aliphatic heterocycles. The van der Waals surface area contributed by atoms with Crippen molar-refractivity contribution >= 4 is 24.3 Å². The highest BCUT2D eigenvalue weighted by Crippen LogP contribution is 2.11. The number of carbonyl (C=O) groups excluding carboxylic acids is 4. The molecule has 0 radical (unpaired) electrons. The molecule has 0 saturated heterocycles. The molecule has 0 heterocycles. The molecule has 0 unspecified atom stereocenters. The number of hydrogen-bond acceptors (Lipinski definition) is 4. The van der Waals surface area contributed by atoms with E-state index >= 15 is 0 Å². The third kappa shape index (κ3) is 3.47. The van der Waals surface area contributed by atoms with Crippen LogP contribution in [0.25, 0.3) is 0 Å². The Morgan fingerprint density at radius 2 is 1.86 bits per heavy atom. The van der Waals surface area contributed by atoms with Crippen molar-refractivity contribution < 1.29 is 19.2 Å². The normalized spacial score (nSPS) is 10.4. The molecule has 0 aromatic heterocycles. The van der Waals surface area contributed by atoms with Crippen molar-refractivity contribution in [2.24, 2.45) is 5.41 Å². The van der Waals surface area contributed by atoms with Gasteiger partial charge in [0.15, 0.2) is 0 Å². The minimum Gasteiger partial charge on any atom is -0.349 e. The van der Waals surface area contributed by atoms with Gasteiger partial charge in [0.25, 0.3) is 5.91 Å². The van der Waals surface area contributed by atoms with Gasteiger partial charge in [0.2, 0.25) is 5.78 Å². The van der Waals surface area contributed by atoms with Crippen molar-refractivity contribution in [1.82, 2.24) is 5.32 Å². The number of Topliss-reactive ketones (excluding diaryl/α,β-unsaturated/α-hetero) is 1. The summed E-state index contributed by atoms with van der Waals surface area (Å²) >= 11 is 0. The lowest BCUT2D eigenvalue weighted by Crippen LogP contribution is -2.40. The Hall–Kier alpha value is -1.52. The van der Waals surface area contributed by atoms with E-state index in [1.165, 1.54) is 13.8 Å². The van der Waals surface area contributed by atoms with Crippen LogP contribution in [0.1, 0.15) is 20.3 Å². The van der Waals surface area contributed by atoms with Gasteiger partial charge in [-0.15, -0.1) is 0 Å². The van der Waals surface area contributed by atoms with Crippen LogP contribution < -0.4 is 5.32 Å². The molecule has 0 aromatic rings. The van der Waals surface area contributed by atoms with E-state index in [-0.39, 0.29) is 13.0 Å². The number of hydrogen-bond donors (Lipinski definition) is 1. The van der Waals surface area contributed by atoms with Gasteiger partial charge < -0.3 is 14.9 Å². The first-order valence-corrected chi connectivity index (χ1v) is 4.18. The van der Waals surface area contributed by atoms with E-state index in [1.54, 1.807) is 0 Å². The number of nitrogens with one attached hydrogen (secondary N) is 1. The van der Waals surface area contributed by atoms with Gasteiger partial charge in [0.1, 0.15) is 12.6 Å². The third-order valence-electron chi connectivity index (χ3n) is 1.63. The maximum atomic E-state index is 11.3. The summed E-state index contributed by atoms with van der Waals surface area (Å²) in [6.07, 6.45) is 1.21. The minimum absolute atomic E-state index is 0.114. The summed E-state index contributed by atoms with van der Waals surface area (Å²) in [6, 6.07) is 0. The van der Waals surface area contributed by atoms with Gasteiger partial charge in [0, 0.05) is 13.0 Å². The molecule has 1 N–H and O–H groups in total. The quantitative estimate of drug-likeness (QED) is 0.270. The Labute approximate surface area is 81.9 Å². The van der Waals surface area contributed by atoms with Gasteiger partial charge >= 0.3 is 0 Å². The molecule has 1 amide bonds. The molecular weight excluding hydrogens is 186 g/mol. The molecule has 0 atom stereocenters. The number of aldehydes is 2. The van der Waals surface area contributed by atoms with Crippen LogP contribution in [-0.2, 0) is 19.2 Å². The fraction of sp³-hybridized carbons (Fsp3) is 0.556. The van der Waals surface area contributed by atoms with E-state index in [1.807, 2.05) is 0 Å². The Morgan fingerprint density at radius 1 is 1.29 bits per heavy atom. The summed E-state index contributed by atoms with van der Waals surface area (Å²) < 4.78 is 0. The van der Waals surface area contributed by atoms with Crippen LogP contribution in [-0.4, -0.2) is 30.8 Å². The second-order valence-corrected chi connectivity index (χ2v) is 3.38. The van der Waals surface area contributed by atoms with Crippen molar-refractivity contribution in [1.29, 1.82) is 0 Å². The lowest BCUT2D eigenvalue weighted by atomic mass is 9.89. The molecule has 0 saturated carbocycles. The molecule has 0 bridgehead atoms. The highest BCUT2D eigenvalue weighted by atomic mass is 16.2. The standard InChI is InChI=1S/C9H13NO4/c1-9(2,6-12)7(13)8(14)10-4-3-5-11/h5-6H,3-4H2,1-2H3,(H,10,14). The minimum atomic E-state index is -1.30. The summed E-state index contributed by atoms with van der Waals surface area (Å²) in [4.78, 5) is 42.7. The van der Waals surface area contributed by atoms with Crippen molar-refractivity contribution in [3.63, 3.8) is 0 Å². The average Bonchev–Trinajstić information content (AvgIpc) is 2.17. The van der Waals surface area contributed by atoms with Crippen LogP contribution in [0.3, 0.4) is 0 Å². The number of carbonyl (C=O) groups is 4. The monoisotopic (exact) mass is 199 g/mol. The first kappa shape index (κ1) is 12.5. The number of ketones is 1. The average molecular weight is 199 g/mol. The molecule has 0 fully saturated rings. The van der Waals surface area contributed by atoms with Crippen LogP contribution in [0, 0.1) is 5.41 Å². The second kappa shape index (κ2) is 5.26. The Balaban J connectivity index is 4.19. The molecule has 5 heteroatoms. The highest BCUT2D eigenvalue weighted by Gasteiger charge is 2.32. The Bertz CT molecular complexity index is 258. The molecule has 0 aliphatic carbocycles. The van der Waals surface area contributed by atoms with Gasteiger partial charge in [-0.05, 0) is 13.8 Å². The van der Waals surface area contributed by atoms with E-state index < -0.39 is 17.1 Å². The predicted molar refractivity (Wildman–Crippen MR) is 48.5 cm³/mol. The molecule has 78 valence electrons. The van der Waals surface area contributed by atoms with Crippen LogP contribution in [0.15, 0.2) is 0 Å². The van der Waals surface area contributed by atoms with Crippen LogP contribution >= 0.6 is 0 Å². The topological polar surface area (TPSA) is 80.3 Å². The zero-order valence-corrected chi connectivity index (χ0v) is 8.20. The van der Waals surface area contributed by atoms with E-state index in [0.717, 1.165) is 0 Å². The van der Waals surface area contributed by atoms with Crippen LogP contribution in [0.2, 0.25) is 0 Å². The summed E-state index contributed by atoms with van der Waals surface area (Å²) in [5.74, 6) is -1.62. The third-order valence-corrected chi connectivity index (χ3v) is 1.63. The van der Waals surface area contributed by atoms with Crippen molar-refractivity contribution in [3.05, 3.63) is 0 Å². The maximum absolute atomic E-state index is 11.3. The van der Waals surface area contributed by atoms with E-state index in [9.17, 15) is 19.2 Å². The number of amides is 1. The second-order valence-electron chi connectivity index (χ2n) is 3.38. The summed E-state index contributed by atoms with van der Waals surface area (Å²) in [5, 5.41) is 2.25. The summed E-state index contributed by atoms with van der Waals surface area (Å²) in [6.45, 7) is 2.84. The Kier molecular flexibility index (Phi) is 4.69. The first-order valence-electron chi connectivity index (χ1n) is 4.18. The zero-order chi connectivity index (χ0) is 11.2. The molecule has 5 nitrogen and oxygen atoms in total. The lowest BCUT2D eigenvalue weighted by molar-refractivity contribution is -0.145. The van der Waals surface area contributed by atoms with Crippen LogP contribution in [0.4, 0.5) is 0 Å². The molecule has 0 spiro atoms. The highest BCUT2D eigenvalue weighted by molar-refractivity contribution is 6.40. The fourth-order valence-electron chi connectivity index (χ4n) is 0.671. The molecular formula is C9H13NO4. The van der Waals surface area contributed by atoms with Crippen molar-refractivity contribution in [3.8, 4) is 0 Å². The molecule has 0 rings (SSSR count). The zero-order valence-electron chi connectivity index (χ0n) is 8.20. The van der Waals surface area contributed by atoms with E-state index in [2.05, 4.69) is 5.32 Å². The van der Waals surface area contributed by atoms with Gasteiger partial charge in [-0.1, -0.05) is 0 Å². The van der Waals surface area contributed by atoms with Gasteiger partial charge in [-0.25, -0.2) is 0 Å². The smallest absolute Gasteiger partial charge is 0.288 e. The van der Waals surface area contributed by atoms with E-state index in [4.69, 9.17) is 0 Å². The summed E-state index contributed by atoms with van der Waals surface area (Å²) in [5.41, 5.74) is -1.30. The van der Waals surface area contributed by atoms with Gasteiger partial charge in [-0.2, -0.15) is 0 Å². The van der Waals surface area contributed by atoms with Crippen molar-refractivity contribution in [2.75, 3.05) is 6.54 Å². The molecule has 0 aliphatic rings. The predicted octanol–water partition coefficient (Wildman–Crippen LogP) is -0.514.